The van der Waals surface area contributed by atoms with Gasteiger partial charge in [-0.1, -0.05) is 25.7 Å². The Kier molecular flexibility index (Phi) is 13.8. The number of aryl methyl sites for hydroxylation is 6. The molecule has 0 bridgehead atoms. The van der Waals surface area contributed by atoms with E-state index in [1.54, 1.807) is 0 Å². The summed E-state index contributed by atoms with van der Waals surface area (Å²) in [5, 5.41) is 8.70. The zero-order chi connectivity index (χ0) is 41.4. The number of nitrogens with zero attached hydrogens (tertiary/aromatic N) is 6. The molecule has 57 heavy (non-hydrogen) atoms. The van der Waals surface area contributed by atoms with Crippen molar-refractivity contribution in [3.63, 3.8) is 0 Å². The number of carboxylic acids is 1. The number of hydrogen-bond acceptors (Lipinski definition) is 11. The fourth-order valence-electron chi connectivity index (χ4n) is 6.67. The normalized spacial score (nSPS) is 11.4. The van der Waals surface area contributed by atoms with Crippen molar-refractivity contribution >= 4 is 34.0 Å². The Morgan fingerprint density at radius 1 is 0.614 bits per heavy atom. The number of aromatic amines is 2. The van der Waals surface area contributed by atoms with Crippen LogP contribution in [0.15, 0.2) is 43.4 Å². The number of ether oxygens (including phenoxy) is 1. The molecule has 0 amide bonds. The SMILES string of the molecule is Cc1cc2nc3c(=O)[nH]c(=O)nc-3n(CCCCCCC(=O)O)c2cc1C.Cc1cc2nc3c(=O)[nH]c(=O)nc-3n(CCCCCCC(=O)OC(C)C)c2cc1C. The van der Waals surface area contributed by atoms with Gasteiger partial charge in [0.2, 0.25) is 0 Å². The van der Waals surface area contributed by atoms with E-state index in [1.807, 2.05) is 74.9 Å². The zero-order valence-corrected chi connectivity index (χ0v) is 33.4. The minimum absolute atomic E-state index is 0.0872. The minimum Gasteiger partial charge on any atom is -0.481 e. The third-order valence-electron chi connectivity index (χ3n) is 9.85. The van der Waals surface area contributed by atoms with Gasteiger partial charge in [-0.15, -0.1) is 0 Å². The number of hydrogen-bond donors (Lipinski definition) is 3. The summed E-state index contributed by atoms with van der Waals surface area (Å²) in [7, 11) is 0. The highest BCUT2D eigenvalue weighted by atomic mass is 16.5. The Hall–Kier alpha value is -6.06. The number of aliphatic carboxylic acids is 1. The summed E-state index contributed by atoms with van der Waals surface area (Å²) in [5.74, 6) is -0.361. The monoisotopic (exact) mass is 782 g/mol. The second kappa shape index (κ2) is 18.7. The number of rotatable bonds is 15. The first-order valence-electron chi connectivity index (χ1n) is 19.4. The molecule has 16 nitrogen and oxygen atoms in total. The van der Waals surface area contributed by atoms with Gasteiger partial charge < -0.3 is 19.0 Å². The summed E-state index contributed by atoms with van der Waals surface area (Å²) < 4.78 is 8.93. The van der Waals surface area contributed by atoms with Crippen molar-refractivity contribution in [1.82, 2.24) is 39.0 Å². The van der Waals surface area contributed by atoms with Crippen LogP contribution in [0.3, 0.4) is 0 Å². The molecule has 0 saturated carbocycles. The first-order valence-corrected chi connectivity index (χ1v) is 19.4. The lowest BCUT2D eigenvalue weighted by molar-refractivity contribution is -0.147. The van der Waals surface area contributed by atoms with Crippen molar-refractivity contribution in [3.05, 3.63) is 88.2 Å². The number of H-pyrrole nitrogens is 2. The van der Waals surface area contributed by atoms with Crippen LogP contribution in [0, 0.1) is 27.7 Å². The number of carbonyl (C=O) groups excluding carboxylic acids is 1. The van der Waals surface area contributed by atoms with E-state index in [-0.39, 0.29) is 35.7 Å². The summed E-state index contributed by atoms with van der Waals surface area (Å²) >= 11 is 0. The van der Waals surface area contributed by atoms with Crippen LogP contribution in [0.4, 0.5) is 0 Å². The summed E-state index contributed by atoms with van der Waals surface area (Å²) in [4.78, 5) is 91.5. The van der Waals surface area contributed by atoms with E-state index < -0.39 is 28.5 Å². The number of unbranched alkanes of at least 4 members (excludes halogenated alkanes) is 6. The fraction of sp³-hybridized carbons (Fsp3) is 0.463. The lowest BCUT2D eigenvalue weighted by Crippen LogP contribution is -2.29. The minimum atomic E-state index is -0.784. The molecule has 2 aromatic carbocycles. The molecular formula is C41H50N8O8. The number of nitrogens with one attached hydrogen (secondary N) is 2. The summed E-state index contributed by atoms with van der Waals surface area (Å²) in [5.41, 5.74) is 5.30. The molecule has 0 unspecified atom stereocenters. The Labute approximate surface area is 328 Å². The highest BCUT2D eigenvalue weighted by Gasteiger charge is 2.20. The van der Waals surface area contributed by atoms with Crippen LogP contribution in [0.1, 0.15) is 100 Å². The van der Waals surface area contributed by atoms with Gasteiger partial charge in [0.05, 0.1) is 28.2 Å². The smallest absolute Gasteiger partial charge is 0.349 e. The molecule has 16 heteroatoms. The van der Waals surface area contributed by atoms with Gasteiger partial charge in [0, 0.05) is 25.9 Å². The van der Waals surface area contributed by atoms with Gasteiger partial charge in [-0.3, -0.25) is 29.1 Å². The van der Waals surface area contributed by atoms with Crippen molar-refractivity contribution in [2.75, 3.05) is 0 Å². The highest BCUT2D eigenvalue weighted by molar-refractivity contribution is 5.82. The Morgan fingerprint density at radius 3 is 1.44 bits per heavy atom. The molecule has 4 aliphatic heterocycles. The standard InChI is InChI=1S/C22H28N4O4.C19H22N4O4/c1-13(2)30-18(27)9-7-5-6-8-10-26-17-12-15(4)14(3)11-16(17)23-19-20(26)24-22(29)25-21(19)28;1-11-9-13-14(10-12(11)2)23(8-6-4-3-5-7-15(24)25)17-16(20-13)18(26)22-19(27)21-17/h11-13H,5-10H2,1-4H3,(H,25,28,29);9-10H,3-8H2,1-2H3,(H,24,25)(H,22,26,27). The lowest BCUT2D eigenvalue weighted by Gasteiger charge is -2.17. The third kappa shape index (κ3) is 10.6. The number of fused-ring (bicyclic) bond motifs is 4. The second-order valence-corrected chi connectivity index (χ2v) is 14.7. The molecule has 4 heterocycles. The van der Waals surface area contributed by atoms with E-state index in [2.05, 4.69) is 29.9 Å². The van der Waals surface area contributed by atoms with Crippen molar-refractivity contribution < 1.29 is 19.4 Å². The molecule has 2 aromatic rings. The molecule has 0 aromatic heterocycles. The molecule has 0 radical (unpaired) electrons. The Balaban J connectivity index is 0.000000219. The molecule has 6 rings (SSSR count). The van der Waals surface area contributed by atoms with Gasteiger partial charge in [-0.25, -0.2) is 19.6 Å². The number of carbonyl (C=O) groups is 2. The van der Waals surface area contributed by atoms with E-state index in [9.17, 15) is 28.8 Å². The maximum atomic E-state index is 12.3. The molecule has 0 saturated heterocycles. The molecule has 0 spiro atoms. The Morgan fingerprint density at radius 2 is 1.02 bits per heavy atom. The predicted octanol–water partition coefficient (Wildman–Crippen LogP) is 5.34. The van der Waals surface area contributed by atoms with Gasteiger partial charge in [0.1, 0.15) is 0 Å². The van der Waals surface area contributed by atoms with Gasteiger partial charge in [-0.05, 0) is 114 Å². The third-order valence-corrected chi connectivity index (χ3v) is 9.85. The molecule has 3 N–H and O–H groups in total. The van der Waals surface area contributed by atoms with Gasteiger partial charge in [0.15, 0.2) is 23.0 Å². The maximum Gasteiger partial charge on any atom is 0.349 e. The van der Waals surface area contributed by atoms with Crippen LogP contribution in [0.2, 0.25) is 0 Å². The van der Waals surface area contributed by atoms with Gasteiger partial charge >= 0.3 is 23.3 Å². The van der Waals surface area contributed by atoms with Gasteiger partial charge in [0.25, 0.3) is 11.1 Å². The summed E-state index contributed by atoms with van der Waals surface area (Å²) in [6.07, 6.45) is 6.99. The summed E-state index contributed by atoms with van der Waals surface area (Å²) in [6.45, 7) is 12.9. The van der Waals surface area contributed by atoms with Crippen LogP contribution in [0.25, 0.3) is 45.1 Å². The quantitative estimate of drug-likeness (QED) is 0.0682. The molecule has 302 valence electrons. The van der Waals surface area contributed by atoms with Crippen LogP contribution in [0.5, 0.6) is 0 Å². The second-order valence-electron chi connectivity index (χ2n) is 14.7. The van der Waals surface area contributed by atoms with Crippen molar-refractivity contribution in [2.45, 2.75) is 125 Å². The lowest BCUT2D eigenvalue weighted by atomic mass is 10.1. The van der Waals surface area contributed by atoms with E-state index in [0.717, 1.165) is 78.2 Å². The number of aromatic nitrogens is 8. The largest absolute Gasteiger partial charge is 0.481 e. The zero-order valence-electron chi connectivity index (χ0n) is 33.4. The highest BCUT2D eigenvalue weighted by Crippen LogP contribution is 2.26. The first kappa shape index (κ1) is 42.1. The van der Waals surface area contributed by atoms with E-state index in [4.69, 9.17) is 9.84 Å². The van der Waals surface area contributed by atoms with E-state index in [0.29, 0.717) is 42.8 Å². The van der Waals surface area contributed by atoms with Crippen LogP contribution < -0.4 is 22.5 Å². The molecular weight excluding hydrogens is 732 g/mol. The van der Waals surface area contributed by atoms with Crippen LogP contribution >= 0.6 is 0 Å². The number of carboxylic acid groups (broad SMARTS) is 1. The molecule has 0 fully saturated rings. The van der Waals surface area contributed by atoms with Crippen molar-refractivity contribution in [3.8, 4) is 23.0 Å². The maximum absolute atomic E-state index is 12.3. The Bertz CT molecular complexity index is 2590. The molecule has 4 aliphatic rings. The molecule has 0 aliphatic carbocycles. The van der Waals surface area contributed by atoms with E-state index >= 15 is 0 Å². The van der Waals surface area contributed by atoms with Crippen LogP contribution in [-0.2, 0) is 27.4 Å². The summed E-state index contributed by atoms with van der Waals surface area (Å²) in [6, 6.07) is 7.89. The van der Waals surface area contributed by atoms with E-state index in [1.165, 1.54) is 0 Å². The first-order chi connectivity index (χ1) is 27.1. The van der Waals surface area contributed by atoms with Crippen molar-refractivity contribution in [2.24, 2.45) is 0 Å². The predicted molar refractivity (Wildman–Crippen MR) is 216 cm³/mol. The average Bonchev–Trinajstić information content (AvgIpc) is 3.12. The van der Waals surface area contributed by atoms with Gasteiger partial charge in [-0.2, -0.15) is 9.97 Å². The number of esters is 1. The molecule has 0 atom stereocenters. The van der Waals surface area contributed by atoms with Crippen LogP contribution in [-0.4, -0.2) is 62.2 Å². The van der Waals surface area contributed by atoms with Crippen molar-refractivity contribution in [1.29, 1.82) is 0 Å². The number of benzene rings is 2. The topological polar surface area (TPSA) is 225 Å². The fourth-order valence-corrected chi connectivity index (χ4v) is 6.67. The average molecular weight is 783 g/mol.